The van der Waals surface area contributed by atoms with Crippen LogP contribution in [0.15, 0.2) is 72.9 Å². The predicted molar refractivity (Wildman–Crippen MR) is 255 cm³/mol. The van der Waals surface area contributed by atoms with E-state index >= 15 is 0 Å². The van der Waals surface area contributed by atoms with Crippen molar-refractivity contribution >= 4 is 11.9 Å². The standard InChI is InChI=1S/C53H93NO5/c1-4-7-10-13-16-19-22-25-26-28-31-34-37-40-43-46-53(58)59-49(44-41-38-35-32-29-27-23-20-17-14-11-8-5-2)47-52(57)54-50(48-55)51(56)45-42-39-36-33-30-24-21-18-15-12-9-6-3/h7-8,10-11,13-14,16-17,19-20,22-23,49-51,55-56H,4-6,9,12,15,18,21,24-48H2,1-3H3,(H,54,57)/b10-7+,11-8+,16-13+,17-14+,22-19+,23-20+. The zero-order valence-electron chi connectivity index (χ0n) is 38.6. The molecule has 0 rings (SSSR count). The molecule has 0 saturated carbocycles. The molecule has 3 atom stereocenters. The summed E-state index contributed by atoms with van der Waals surface area (Å²) >= 11 is 0. The van der Waals surface area contributed by atoms with E-state index in [1.165, 1.54) is 83.5 Å². The number of esters is 1. The Bertz CT molecular complexity index is 1110. The molecule has 0 aliphatic carbocycles. The van der Waals surface area contributed by atoms with Gasteiger partial charge in [0.05, 0.1) is 25.2 Å². The molecule has 0 fully saturated rings. The lowest BCUT2D eigenvalue weighted by atomic mass is 10.0. The molecule has 0 bridgehead atoms. The summed E-state index contributed by atoms with van der Waals surface area (Å²) in [5.41, 5.74) is 0. The number of carbonyl (C=O) groups is 2. The molecule has 0 aliphatic rings. The third kappa shape index (κ3) is 41.8. The van der Waals surface area contributed by atoms with Crippen molar-refractivity contribution in [2.45, 2.75) is 244 Å². The zero-order chi connectivity index (χ0) is 43.1. The van der Waals surface area contributed by atoms with E-state index in [1.807, 2.05) is 0 Å². The number of amides is 1. The van der Waals surface area contributed by atoms with Gasteiger partial charge in [0.25, 0.3) is 0 Å². The van der Waals surface area contributed by atoms with Gasteiger partial charge in [-0.15, -0.1) is 0 Å². The van der Waals surface area contributed by atoms with E-state index in [2.05, 4.69) is 99.0 Å². The molecule has 3 N–H and O–H groups in total. The molecule has 0 aromatic carbocycles. The average molecular weight is 824 g/mol. The van der Waals surface area contributed by atoms with Crippen molar-refractivity contribution in [3.63, 3.8) is 0 Å². The first-order valence-corrected chi connectivity index (χ1v) is 24.7. The molecule has 59 heavy (non-hydrogen) atoms. The van der Waals surface area contributed by atoms with Crippen LogP contribution in [0.3, 0.4) is 0 Å². The first kappa shape index (κ1) is 56.3. The highest BCUT2D eigenvalue weighted by atomic mass is 16.5. The summed E-state index contributed by atoms with van der Waals surface area (Å²) < 4.78 is 5.91. The maximum absolute atomic E-state index is 13.2. The van der Waals surface area contributed by atoms with Crippen LogP contribution in [0.25, 0.3) is 0 Å². The highest BCUT2D eigenvalue weighted by Gasteiger charge is 2.24. The molecule has 3 unspecified atom stereocenters. The number of unbranched alkanes of at least 4 members (excludes halogenated alkanes) is 23. The van der Waals surface area contributed by atoms with Crippen LogP contribution < -0.4 is 5.32 Å². The topological polar surface area (TPSA) is 95.9 Å². The summed E-state index contributed by atoms with van der Waals surface area (Å²) in [5.74, 6) is -0.511. The number of aliphatic hydroxyl groups is 2. The summed E-state index contributed by atoms with van der Waals surface area (Å²) in [7, 11) is 0. The van der Waals surface area contributed by atoms with E-state index in [-0.39, 0.29) is 24.9 Å². The minimum Gasteiger partial charge on any atom is -0.462 e. The minimum atomic E-state index is -0.797. The minimum absolute atomic E-state index is 0.0563. The molecule has 0 spiro atoms. The molecule has 6 nitrogen and oxygen atoms in total. The quantitative estimate of drug-likeness (QED) is 0.0323. The normalized spacial score (nSPS) is 13.9. The molecule has 0 aliphatic heterocycles. The summed E-state index contributed by atoms with van der Waals surface area (Å²) in [6.45, 7) is 6.21. The van der Waals surface area contributed by atoms with E-state index in [0.717, 1.165) is 96.3 Å². The van der Waals surface area contributed by atoms with Crippen molar-refractivity contribution in [3.05, 3.63) is 72.9 Å². The van der Waals surface area contributed by atoms with Crippen LogP contribution >= 0.6 is 0 Å². The molecular weight excluding hydrogens is 731 g/mol. The third-order valence-electron chi connectivity index (χ3n) is 10.9. The van der Waals surface area contributed by atoms with Gasteiger partial charge in [-0.1, -0.05) is 222 Å². The molecule has 0 saturated heterocycles. The number of allylic oxidation sites excluding steroid dienone is 12. The largest absolute Gasteiger partial charge is 0.462 e. The molecule has 0 aromatic rings. The van der Waals surface area contributed by atoms with Gasteiger partial charge in [0.1, 0.15) is 6.10 Å². The van der Waals surface area contributed by atoms with Gasteiger partial charge in [-0.25, -0.2) is 0 Å². The van der Waals surface area contributed by atoms with Gasteiger partial charge in [-0.2, -0.15) is 0 Å². The van der Waals surface area contributed by atoms with Crippen molar-refractivity contribution in [2.75, 3.05) is 6.61 Å². The van der Waals surface area contributed by atoms with Gasteiger partial charge in [0.15, 0.2) is 0 Å². The van der Waals surface area contributed by atoms with Crippen LogP contribution in [-0.4, -0.2) is 46.9 Å². The van der Waals surface area contributed by atoms with Crippen LogP contribution in [-0.2, 0) is 14.3 Å². The second-order valence-electron chi connectivity index (χ2n) is 16.6. The van der Waals surface area contributed by atoms with Gasteiger partial charge >= 0.3 is 5.97 Å². The lowest BCUT2D eigenvalue weighted by Crippen LogP contribution is -2.46. The van der Waals surface area contributed by atoms with E-state index in [0.29, 0.717) is 19.3 Å². The van der Waals surface area contributed by atoms with Crippen molar-refractivity contribution < 1.29 is 24.5 Å². The number of nitrogens with one attached hydrogen (secondary N) is 1. The summed E-state index contributed by atoms with van der Waals surface area (Å²) in [6, 6.07) is -0.712. The summed E-state index contributed by atoms with van der Waals surface area (Å²) in [6.07, 6.45) is 58.1. The van der Waals surface area contributed by atoms with Gasteiger partial charge in [0, 0.05) is 6.42 Å². The fourth-order valence-electron chi connectivity index (χ4n) is 7.19. The average Bonchev–Trinajstić information content (AvgIpc) is 3.23. The van der Waals surface area contributed by atoms with Crippen molar-refractivity contribution in [1.82, 2.24) is 5.32 Å². The monoisotopic (exact) mass is 824 g/mol. The number of aliphatic hydroxyl groups excluding tert-OH is 2. The third-order valence-corrected chi connectivity index (χ3v) is 10.9. The summed E-state index contributed by atoms with van der Waals surface area (Å²) in [5, 5.41) is 23.7. The Labute approximate surface area is 364 Å². The molecule has 0 radical (unpaired) electrons. The maximum Gasteiger partial charge on any atom is 0.306 e. The van der Waals surface area contributed by atoms with Gasteiger partial charge in [0.2, 0.25) is 5.91 Å². The van der Waals surface area contributed by atoms with Gasteiger partial charge < -0.3 is 20.3 Å². The van der Waals surface area contributed by atoms with Gasteiger partial charge in [-0.05, 0) is 64.2 Å². The van der Waals surface area contributed by atoms with Gasteiger partial charge in [-0.3, -0.25) is 9.59 Å². The van der Waals surface area contributed by atoms with E-state index in [4.69, 9.17) is 4.74 Å². The summed E-state index contributed by atoms with van der Waals surface area (Å²) in [4.78, 5) is 26.1. The smallest absolute Gasteiger partial charge is 0.306 e. The fraction of sp³-hybridized carbons (Fsp3) is 0.736. The lowest BCUT2D eigenvalue weighted by molar-refractivity contribution is -0.151. The Morgan fingerprint density at radius 2 is 0.915 bits per heavy atom. The van der Waals surface area contributed by atoms with Crippen LogP contribution in [0.4, 0.5) is 0 Å². The van der Waals surface area contributed by atoms with E-state index < -0.39 is 18.2 Å². The molecule has 6 heteroatoms. The maximum atomic E-state index is 13.2. The Morgan fingerprint density at radius 3 is 1.37 bits per heavy atom. The highest BCUT2D eigenvalue weighted by molar-refractivity contribution is 5.77. The first-order chi connectivity index (χ1) is 29.0. The Hall–Kier alpha value is -2.70. The fourth-order valence-corrected chi connectivity index (χ4v) is 7.19. The van der Waals surface area contributed by atoms with Crippen LogP contribution in [0.2, 0.25) is 0 Å². The second kappa shape index (κ2) is 46.4. The SMILES string of the molecule is CC/C=C/C=C/C=C/CCCCCCCCCC(=O)OC(CCCCCCC/C=C/C=C/C=C/CC)CC(=O)NC(CO)C(O)CCCCCCCCCCCCCC. The van der Waals surface area contributed by atoms with Crippen LogP contribution in [0, 0.1) is 0 Å². The number of carbonyl (C=O) groups excluding carboxylic acids is 2. The first-order valence-electron chi connectivity index (χ1n) is 24.7. The van der Waals surface area contributed by atoms with Crippen molar-refractivity contribution in [3.8, 4) is 0 Å². The van der Waals surface area contributed by atoms with Crippen molar-refractivity contribution in [2.24, 2.45) is 0 Å². The number of rotatable bonds is 43. The molecule has 0 heterocycles. The highest BCUT2D eigenvalue weighted by Crippen LogP contribution is 2.17. The molecule has 340 valence electrons. The lowest BCUT2D eigenvalue weighted by Gasteiger charge is -2.24. The van der Waals surface area contributed by atoms with Crippen LogP contribution in [0.1, 0.15) is 226 Å². The second-order valence-corrected chi connectivity index (χ2v) is 16.6. The number of hydrogen-bond acceptors (Lipinski definition) is 5. The molecule has 0 aromatic heterocycles. The predicted octanol–water partition coefficient (Wildman–Crippen LogP) is 14.6. The molecular formula is C53H93NO5. The zero-order valence-corrected chi connectivity index (χ0v) is 38.6. The van der Waals surface area contributed by atoms with Crippen molar-refractivity contribution in [1.29, 1.82) is 0 Å². The number of hydrogen-bond donors (Lipinski definition) is 3. The molecule has 1 amide bonds. The van der Waals surface area contributed by atoms with E-state index in [1.54, 1.807) is 0 Å². The number of ether oxygens (including phenoxy) is 1. The Kier molecular flexibility index (Phi) is 44.2. The van der Waals surface area contributed by atoms with E-state index in [9.17, 15) is 19.8 Å². The Balaban J connectivity index is 4.63. The van der Waals surface area contributed by atoms with Crippen LogP contribution in [0.5, 0.6) is 0 Å². The Morgan fingerprint density at radius 1 is 0.508 bits per heavy atom.